The van der Waals surface area contributed by atoms with E-state index in [0.29, 0.717) is 12.1 Å². The molecule has 0 fully saturated rings. The molecule has 0 aliphatic carbocycles. The predicted molar refractivity (Wildman–Crippen MR) is 107 cm³/mol. The van der Waals surface area contributed by atoms with Gasteiger partial charge < -0.3 is 15.4 Å². The van der Waals surface area contributed by atoms with E-state index in [9.17, 15) is 13.2 Å². The first-order valence-electron chi connectivity index (χ1n) is 9.57. The summed E-state index contributed by atoms with van der Waals surface area (Å²) in [7, 11) is 1.90. The maximum absolute atomic E-state index is 12.1. The molecular weight excluding hydrogens is 383 g/mol. The van der Waals surface area contributed by atoms with Crippen LogP contribution in [0.4, 0.5) is 13.2 Å². The molecule has 0 saturated heterocycles. The standard InChI is InChI=1S/C20H28F3N5O/c1-3-24-19(25-10-4-5-18-12-27-28(2)13-18)26-11-16-6-8-17(9-7-16)14-29-15-20(21,22)23/h6-9,12-13H,3-5,10-11,14-15H2,1-2H3,(H2,24,25,26). The third-order valence-corrected chi connectivity index (χ3v) is 4.01. The molecule has 9 heteroatoms. The van der Waals surface area contributed by atoms with E-state index in [1.165, 1.54) is 5.56 Å². The number of benzene rings is 1. The van der Waals surface area contributed by atoms with Crippen LogP contribution in [0, 0.1) is 0 Å². The van der Waals surface area contributed by atoms with Gasteiger partial charge in [-0.3, -0.25) is 4.68 Å². The minimum atomic E-state index is -4.30. The molecule has 0 aliphatic heterocycles. The lowest BCUT2D eigenvalue weighted by atomic mass is 10.1. The van der Waals surface area contributed by atoms with Crippen molar-refractivity contribution in [1.29, 1.82) is 0 Å². The van der Waals surface area contributed by atoms with Crippen LogP contribution in [0.15, 0.2) is 41.7 Å². The molecule has 2 aromatic rings. The van der Waals surface area contributed by atoms with Gasteiger partial charge in [-0.05, 0) is 36.5 Å². The Morgan fingerprint density at radius 1 is 1.14 bits per heavy atom. The topological polar surface area (TPSA) is 63.5 Å². The maximum atomic E-state index is 12.1. The molecule has 160 valence electrons. The zero-order chi connectivity index (χ0) is 21.1. The van der Waals surface area contributed by atoms with Gasteiger partial charge in [-0.15, -0.1) is 0 Å². The molecule has 0 bridgehead atoms. The van der Waals surface area contributed by atoms with Gasteiger partial charge in [-0.1, -0.05) is 24.3 Å². The summed E-state index contributed by atoms with van der Waals surface area (Å²) in [6.07, 6.45) is 1.48. The summed E-state index contributed by atoms with van der Waals surface area (Å²) in [6, 6.07) is 7.22. The van der Waals surface area contributed by atoms with E-state index in [4.69, 9.17) is 0 Å². The van der Waals surface area contributed by atoms with Crippen LogP contribution in [0.1, 0.15) is 30.0 Å². The van der Waals surface area contributed by atoms with Crippen molar-refractivity contribution in [2.24, 2.45) is 12.0 Å². The molecular formula is C20H28F3N5O. The number of aromatic nitrogens is 2. The van der Waals surface area contributed by atoms with Gasteiger partial charge in [0.1, 0.15) is 6.61 Å². The summed E-state index contributed by atoms with van der Waals surface area (Å²) in [5.41, 5.74) is 2.87. The van der Waals surface area contributed by atoms with Crippen molar-refractivity contribution >= 4 is 5.96 Å². The molecule has 0 radical (unpaired) electrons. The number of nitrogens with zero attached hydrogens (tertiary/aromatic N) is 3. The quantitative estimate of drug-likeness (QED) is 0.358. The Labute approximate surface area is 169 Å². The van der Waals surface area contributed by atoms with Crippen LogP contribution in [-0.4, -0.2) is 41.6 Å². The SMILES string of the molecule is CCNC(=NCc1ccc(COCC(F)(F)F)cc1)NCCCc1cnn(C)c1. The van der Waals surface area contributed by atoms with E-state index >= 15 is 0 Å². The third kappa shape index (κ3) is 9.47. The summed E-state index contributed by atoms with van der Waals surface area (Å²) < 4.78 is 42.8. The van der Waals surface area contributed by atoms with Gasteiger partial charge in [0, 0.05) is 26.3 Å². The Morgan fingerprint density at radius 3 is 2.48 bits per heavy atom. The monoisotopic (exact) mass is 411 g/mol. The average molecular weight is 411 g/mol. The van der Waals surface area contributed by atoms with Crippen LogP contribution in [0.3, 0.4) is 0 Å². The zero-order valence-electron chi connectivity index (χ0n) is 16.8. The van der Waals surface area contributed by atoms with Crippen molar-refractivity contribution in [2.75, 3.05) is 19.7 Å². The van der Waals surface area contributed by atoms with Crippen molar-refractivity contribution in [3.8, 4) is 0 Å². The van der Waals surface area contributed by atoms with Gasteiger partial charge in [-0.2, -0.15) is 18.3 Å². The lowest BCUT2D eigenvalue weighted by molar-refractivity contribution is -0.176. The molecule has 0 saturated carbocycles. The van der Waals surface area contributed by atoms with Crippen molar-refractivity contribution in [3.63, 3.8) is 0 Å². The minimum absolute atomic E-state index is 0.0653. The molecule has 2 rings (SSSR count). The van der Waals surface area contributed by atoms with Crippen LogP contribution in [-0.2, 0) is 31.4 Å². The summed E-state index contributed by atoms with van der Waals surface area (Å²) in [6.45, 7) is 2.71. The average Bonchev–Trinajstić information content (AvgIpc) is 3.08. The van der Waals surface area contributed by atoms with E-state index in [-0.39, 0.29) is 6.61 Å². The summed E-state index contributed by atoms with van der Waals surface area (Å²) in [5.74, 6) is 0.733. The molecule has 0 spiro atoms. The lowest BCUT2D eigenvalue weighted by Gasteiger charge is -2.11. The highest BCUT2D eigenvalue weighted by atomic mass is 19.4. The molecule has 2 N–H and O–H groups in total. The van der Waals surface area contributed by atoms with Gasteiger partial charge in [0.25, 0.3) is 0 Å². The predicted octanol–water partition coefficient (Wildman–Crippen LogP) is 3.19. The number of rotatable bonds is 10. The molecule has 29 heavy (non-hydrogen) atoms. The summed E-state index contributed by atoms with van der Waals surface area (Å²) in [4.78, 5) is 4.55. The summed E-state index contributed by atoms with van der Waals surface area (Å²) >= 11 is 0. The minimum Gasteiger partial charge on any atom is -0.367 e. The highest BCUT2D eigenvalue weighted by Crippen LogP contribution is 2.16. The third-order valence-electron chi connectivity index (χ3n) is 4.01. The highest BCUT2D eigenvalue weighted by Gasteiger charge is 2.27. The fourth-order valence-corrected chi connectivity index (χ4v) is 2.64. The van der Waals surface area contributed by atoms with E-state index in [1.807, 2.05) is 38.5 Å². The summed E-state index contributed by atoms with van der Waals surface area (Å²) in [5, 5.41) is 10.7. The lowest BCUT2D eigenvalue weighted by Crippen LogP contribution is -2.37. The number of hydrogen-bond donors (Lipinski definition) is 2. The fraction of sp³-hybridized carbons (Fsp3) is 0.500. The first kappa shape index (κ1) is 22.7. The van der Waals surface area contributed by atoms with Gasteiger partial charge in [0.05, 0.1) is 19.3 Å². The van der Waals surface area contributed by atoms with Crippen LogP contribution in [0.2, 0.25) is 0 Å². The van der Waals surface area contributed by atoms with E-state index in [0.717, 1.165) is 37.5 Å². The van der Waals surface area contributed by atoms with Crippen molar-refractivity contribution in [2.45, 2.75) is 39.1 Å². The number of halogens is 3. The Hall–Kier alpha value is -2.55. The largest absolute Gasteiger partial charge is 0.411 e. The second kappa shape index (κ2) is 11.5. The number of alkyl halides is 3. The van der Waals surface area contributed by atoms with Gasteiger partial charge in [0.15, 0.2) is 5.96 Å². The fourth-order valence-electron chi connectivity index (χ4n) is 2.64. The Morgan fingerprint density at radius 2 is 1.86 bits per heavy atom. The zero-order valence-corrected chi connectivity index (χ0v) is 16.8. The van der Waals surface area contributed by atoms with Crippen molar-refractivity contribution in [3.05, 3.63) is 53.3 Å². The number of nitrogens with one attached hydrogen (secondary N) is 2. The second-order valence-corrected chi connectivity index (χ2v) is 6.67. The van der Waals surface area contributed by atoms with E-state index in [2.05, 4.69) is 25.5 Å². The molecule has 0 amide bonds. The van der Waals surface area contributed by atoms with Crippen molar-refractivity contribution in [1.82, 2.24) is 20.4 Å². The van der Waals surface area contributed by atoms with Crippen molar-refractivity contribution < 1.29 is 17.9 Å². The molecule has 1 heterocycles. The highest BCUT2D eigenvalue weighted by molar-refractivity contribution is 5.79. The normalized spacial score (nSPS) is 12.2. The number of guanidine groups is 1. The van der Waals surface area contributed by atoms with Crippen LogP contribution < -0.4 is 10.6 Å². The van der Waals surface area contributed by atoms with Gasteiger partial charge in [0.2, 0.25) is 0 Å². The van der Waals surface area contributed by atoms with E-state index < -0.39 is 12.8 Å². The number of ether oxygens (including phenoxy) is 1. The number of hydrogen-bond acceptors (Lipinski definition) is 3. The first-order chi connectivity index (χ1) is 13.9. The number of aryl methyl sites for hydroxylation is 2. The van der Waals surface area contributed by atoms with Gasteiger partial charge >= 0.3 is 6.18 Å². The Kier molecular flexibility index (Phi) is 8.98. The molecule has 0 unspecified atom stereocenters. The Balaban J connectivity index is 1.76. The second-order valence-electron chi connectivity index (χ2n) is 6.67. The molecule has 6 nitrogen and oxygen atoms in total. The van der Waals surface area contributed by atoms with Crippen LogP contribution in [0.5, 0.6) is 0 Å². The molecule has 1 aromatic carbocycles. The van der Waals surface area contributed by atoms with Crippen LogP contribution >= 0.6 is 0 Å². The van der Waals surface area contributed by atoms with Crippen LogP contribution in [0.25, 0.3) is 0 Å². The first-order valence-corrected chi connectivity index (χ1v) is 9.57. The molecule has 0 atom stereocenters. The molecule has 0 aliphatic rings. The van der Waals surface area contributed by atoms with Gasteiger partial charge in [-0.25, -0.2) is 4.99 Å². The maximum Gasteiger partial charge on any atom is 0.411 e. The number of aliphatic imine (C=N–C) groups is 1. The molecule has 1 aromatic heterocycles. The van der Waals surface area contributed by atoms with E-state index in [1.54, 1.807) is 16.8 Å². The Bertz CT molecular complexity index is 756. The smallest absolute Gasteiger partial charge is 0.367 e.